The molecule has 6 nitrogen and oxygen atoms in total. The molecule has 0 spiro atoms. The van der Waals surface area contributed by atoms with Gasteiger partial charge < -0.3 is 9.84 Å². The number of aliphatic hydroxyl groups excluding tert-OH is 1. The van der Waals surface area contributed by atoms with Crippen LogP contribution in [0.4, 0.5) is 5.69 Å². The number of hydrogen-bond acceptors (Lipinski definition) is 5. The van der Waals surface area contributed by atoms with Crippen molar-refractivity contribution in [3.63, 3.8) is 0 Å². The van der Waals surface area contributed by atoms with Crippen LogP contribution in [0.3, 0.4) is 0 Å². The molecule has 0 saturated carbocycles. The van der Waals surface area contributed by atoms with E-state index in [0.29, 0.717) is 11.3 Å². The molecule has 2 N–H and O–H groups in total. The number of benzene rings is 2. The van der Waals surface area contributed by atoms with Crippen molar-refractivity contribution in [1.29, 1.82) is 0 Å². The number of cyclic esters (lactones) is 1. The molecule has 2 aromatic rings. The van der Waals surface area contributed by atoms with E-state index < -0.39 is 5.97 Å². The quantitative estimate of drug-likeness (QED) is 0.666. The Morgan fingerprint density at radius 2 is 1.95 bits per heavy atom. The summed E-state index contributed by atoms with van der Waals surface area (Å²) >= 11 is 0. The standard InChI is InChI=1S/C16H13N3O3/c20-10-11-5-4-8-13(9-11)18-19-14-16(21)22-15(17-14)12-6-2-1-3-7-12/h1-9,18,20H,10H2/b19-14+. The van der Waals surface area contributed by atoms with Gasteiger partial charge in [-0.05, 0) is 29.8 Å². The van der Waals surface area contributed by atoms with E-state index >= 15 is 0 Å². The number of carbonyl (C=O) groups excluding carboxylic acids is 1. The fourth-order valence-electron chi connectivity index (χ4n) is 1.93. The third-order valence-corrected chi connectivity index (χ3v) is 3.00. The highest BCUT2D eigenvalue weighted by Gasteiger charge is 2.25. The molecule has 1 heterocycles. The van der Waals surface area contributed by atoms with Gasteiger partial charge in [0.05, 0.1) is 12.3 Å². The van der Waals surface area contributed by atoms with Crippen molar-refractivity contribution in [3.05, 3.63) is 65.7 Å². The van der Waals surface area contributed by atoms with Gasteiger partial charge in [-0.15, -0.1) is 5.10 Å². The predicted molar refractivity (Wildman–Crippen MR) is 82.5 cm³/mol. The number of anilines is 1. The summed E-state index contributed by atoms with van der Waals surface area (Å²) in [4.78, 5) is 15.8. The van der Waals surface area contributed by atoms with Gasteiger partial charge in [-0.2, -0.15) is 4.99 Å². The van der Waals surface area contributed by atoms with Crippen molar-refractivity contribution >= 4 is 23.4 Å². The summed E-state index contributed by atoms with van der Waals surface area (Å²) in [5.74, 6) is -0.423. The van der Waals surface area contributed by atoms with Gasteiger partial charge in [0, 0.05) is 5.56 Å². The Kier molecular flexibility index (Phi) is 3.93. The summed E-state index contributed by atoms with van der Waals surface area (Å²) in [6, 6.07) is 16.2. The average Bonchev–Trinajstić information content (AvgIpc) is 2.95. The minimum Gasteiger partial charge on any atom is -0.401 e. The maximum atomic E-state index is 11.8. The Hall–Kier alpha value is -2.99. The van der Waals surface area contributed by atoms with Gasteiger partial charge in [0.25, 0.3) is 5.84 Å². The number of carbonyl (C=O) groups is 1. The molecular weight excluding hydrogens is 282 g/mol. The van der Waals surface area contributed by atoms with Crippen LogP contribution >= 0.6 is 0 Å². The lowest BCUT2D eigenvalue weighted by Crippen LogP contribution is -2.10. The Morgan fingerprint density at radius 1 is 1.14 bits per heavy atom. The lowest BCUT2D eigenvalue weighted by atomic mass is 10.2. The van der Waals surface area contributed by atoms with Crippen LogP contribution in [0.15, 0.2) is 64.7 Å². The average molecular weight is 295 g/mol. The monoisotopic (exact) mass is 295 g/mol. The van der Waals surface area contributed by atoms with Gasteiger partial charge in [-0.1, -0.05) is 30.3 Å². The SMILES string of the molecule is O=C1OC(c2ccccc2)=N/C1=N/Nc1cccc(CO)c1. The first-order valence-corrected chi connectivity index (χ1v) is 6.66. The molecule has 6 heteroatoms. The number of aliphatic hydroxyl groups is 1. The van der Waals surface area contributed by atoms with Crippen molar-refractivity contribution in [3.8, 4) is 0 Å². The lowest BCUT2D eigenvalue weighted by molar-refractivity contribution is -0.127. The summed E-state index contributed by atoms with van der Waals surface area (Å²) < 4.78 is 5.09. The summed E-state index contributed by atoms with van der Waals surface area (Å²) in [6.07, 6.45) is 0. The molecule has 1 aliphatic rings. The van der Waals surface area contributed by atoms with Crippen LogP contribution < -0.4 is 5.43 Å². The van der Waals surface area contributed by atoms with Crippen LogP contribution in [0, 0.1) is 0 Å². The first kappa shape index (κ1) is 14.0. The number of amidine groups is 1. The minimum atomic E-state index is -0.607. The van der Waals surface area contributed by atoms with E-state index in [1.165, 1.54) is 0 Å². The summed E-state index contributed by atoms with van der Waals surface area (Å²) in [6.45, 7) is -0.0650. The molecule has 0 amide bonds. The van der Waals surface area contributed by atoms with Gasteiger partial charge in [0.2, 0.25) is 5.90 Å². The van der Waals surface area contributed by atoms with Gasteiger partial charge in [0.1, 0.15) is 0 Å². The highest BCUT2D eigenvalue weighted by Crippen LogP contribution is 2.13. The summed E-state index contributed by atoms with van der Waals surface area (Å²) in [7, 11) is 0. The molecule has 0 saturated heterocycles. The Labute approximate surface area is 126 Å². The molecule has 0 radical (unpaired) electrons. The second-order valence-corrected chi connectivity index (χ2v) is 4.58. The van der Waals surface area contributed by atoms with Crippen molar-refractivity contribution in [1.82, 2.24) is 0 Å². The second kappa shape index (κ2) is 6.19. The van der Waals surface area contributed by atoms with Crippen LogP contribution in [0.25, 0.3) is 0 Å². The molecule has 0 atom stereocenters. The highest BCUT2D eigenvalue weighted by atomic mass is 16.6. The van der Waals surface area contributed by atoms with E-state index in [4.69, 9.17) is 9.84 Å². The number of esters is 1. The van der Waals surface area contributed by atoms with Crippen molar-refractivity contribution < 1.29 is 14.6 Å². The minimum absolute atomic E-state index is 0.0479. The number of hydrogen-bond donors (Lipinski definition) is 2. The Morgan fingerprint density at radius 3 is 2.73 bits per heavy atom. The first-order chi connectivity index (χ1) is 10.8. The third-order valence-electron chi connectivity index (χ3n) is 3.00. The van der Waals surface area contributed by atoms with Gasteiger partial charge in [-0.3, -0.25) is 5.43 Å². The van der Waals surface area contributed by atoms with Crippen LogP contribution in [-0.4, -0.2) is 22.8 Å². The van der Waals surface area contributed by atoms with Crippen LogP contribution in [-0.2, 0) is 16.1 Å². The fourth-order valence-corrected chi connectivity index (χ4v) is 1.93. The summed E-state index contributed by atoms with van der Waals surface area (Å²) in [5.41, 5.74) is 4.84. The van der Waals surface area contributed by atoms with Crippen molar-refractivity contribution in [2.45, 2.75) is 6.61 Å². The molecule has 22 heavy (non-hydrogen) atoms. The van der Waals surface area contributed by atoms with E-state index in [1.807, 2.05) is 18.2 Å². The Bertz CT molecular complexity index is 754. The number of aliphatic imine (C=N–C) groups is 1. The van der Waals surface area contributed by atoms with Crippen LogP contribution in [0.1, 0.15) is 11.1 Å². The highest BCUT2D eigenvalue weighted by molar-refractivity contribution is 6.43. The van der Waals surface area contributed by atoms with E-state index in [9.17, 15) is 4.79 Å². The smallest absolute Gasteiger partial charge is 0.385 e. The zero-order chi connectivity index (χ0) is 15.4. The zero-order valence-corrected chi connectivity index (χ0v) is 11.6. The Balaban J connectivity index is 1.79. The molecule has 2 aromatic carbocycles. The zero-order valence-electron chi connectivity index (χ0n) is 11.6. The number of hydrazone groups is 1. The third kappa shape index (κ3) is 3.02. The molecule has 0 unspecified atom stereocenters. The first-order valence-electron chi connectivity index (χ1n) is 6.66. The largest absolute Gasteiger partial charge is 0.401 e. The van der Waals surface area contributed by atoms with E-state index in [-0.39, 0.29) is 18.3 Å². The normalized spacial score (nSPS) is 15.6. The number of rotatable bonds is 4. The number of ether oxygens (including phenoxy) is 1. The van der Waals surface area contributed by atoms with Crippen LogP contribution in [0.2, 0.25) is 0 Å². The molecule has 1 aliphatic heterocycles. The predicted octanol–water partition coefficient (Wildman–Crippen LogP) is 1.91. The van der Waals surface area contributed by atoms with Crippen molar-refractivity contribution in [2.24, 2.45) is 10.1 Å². The number of nitrogens with one attached hydrogen (secondary N) is 1. The fraction of sp³-hybridized carbons (Fsp3) is 0.0625. The second-order valence-electron chi connectivity index (χ2n) is 4.58. The summed E-state index contributed by atoms with van der Waals surface area (Å²) in [5, 5.41) is 13.0. The lowest BCUT2D eigenvalue weighted by Gasteiger charge is -2.01. The topological polar surface area (TPSA) is 83.3 Å². The van der Waals surface area contributed by atoms with Gasteiger partial charge in [0.15, 0.2) is 0 Å². The van der Waals surface area contributed by atoms with E-state index in [2.05, 4.69) is 15.5 Å². The maximum Gasteiger partial charge on any atom is 0.385 e. The molecular formula is C16H13N3O3. The van der Waals surface area contributed by atoms with Gasteiger partial charge in [-0.25, -0.2) is 4.79 Å². The molecule has 0 aromatic heterocycles. The molecule has 0 bridgehead atoms. The molecule has 0 aliphatic carbocycles. The van der Waals surface area contributed by atoms with E-state index in [1.54, 1.807) is 36.4 Å². The molecule has 110 valence electrons. The number of nitrogens with zero attached hydrogens (tertiary/aromatic N) is 2. The maximum absolute atomic E-state index is 11.8. The molecule has 3 rings (SSSR count). The van der Waals surface area contributed by atoms with Crippen molar-refractivity contribution in [2.75, 3.05) is 5.43 Å². The van der Waals surface area contributed by atoms with E-state index in [0.717, 1.165) is 5.56 Å². The van der Waals surface area contributed by atoms with Crippen LogP contribution in [0.5, 0.6) is 0 Å². The van der Waals surface area contributed by atoms with Gasteiger partial charge >= 0.3 is 5.97 Å². The molecule has 0 fully saturated rings.